The number of hydrogen-bond donors (Lipinski definition) is 0. The highest BCUT2D eigenvalue weighted by molar-refractivity contribution is 5.83. The van der Waals surface area contributed by atoms with E-state index in [2.05, 4.69) is 65.6 Å². The molecule has 33 heavy (non-hydrogen) atoms. The lowest BCUT2D eigenvalue weighted by molar-refractivity contribution is -0.121. The summed E-state index contributed by atoms with van der Waals surface area (Å²) in [5.41, 5.74) is 4.48. The Labute approximate surface area is 198 Å². The lowest BCUT2D eigenvalue weighted by atomic mass is 10.0. The van der Waals surface area contributed by atoms with Crippen LogP contribution in [0.1, 0.15) is 37.0 Å². The molecule has 4 heteroatoms. The van der Waals surface area contributed by atoms with Gasteiger partial charge in [-0.1, -0.05) is 80.6 Å². The SMILES string of the molecule is COCCCOc1cc(CC(=O)C(C)C)ccc1N(Cc1ccccc1)Cc1ccccc1. The molecular weight excluding hydrogens is 410 g/mol. The van der Waals surface area contributed by atoms with E-state index in [4.69, 9.17) is 9.47 Å². The van der Waals surface area contributed by atoms with Crippen molar-refractivity contribution in [3.8, 4) is 5.75 Å². The van der Waals surface area contributed by atoms with E-state index in [0.717, 1.165) is 36.5 Å². The van der Waals surface area contributed by atoms with Crippen molar-refractivity contribution in [3.63, 3.8) is 0 Å². The van der Waals surface area contributed by atoms with Crippen LogP contribution in [-0.4, -0.2) is 26.1 Å². The maximum atomic E-state index is 12.4. The molecule has 0 unspecified atom stereocenters. The third-order valence-corrected chi connectivity index (χ3v) is 5.57. The normalized spacial score (nSPS) is 10.9. The van der Waals surface area contributed by atoms with Gasteiger partial charge in [-0.2, -0.15) is 0 Å². The number of Topliss-reactive ketones (excluding diaryl/α,β-unsaturated/α-hetero) is 1. The lowest BCUT2D eigenvalue weighted by Gasteiger charge is -2.28. The first-order valence-electron chi connectivity index (χ1n) is 11.7. The second-order valence-electron chi connectivity index (χ2n) is 8.62. The number of carbonyl (C=O) groups is 1. The molecule has 4 nitrogen and oxygen atoms in total. The standard InChI is InChI=1S/C29H35NO3/c1-23(2)28(31)19-26-15-16-27(29(20-26)33-18-10-17-32-3)30(21-24-11-6-4-7-12-24)22-25-13-8-5-9-14-25/h4-9,11-16,20,23H,10,17-19,21-22H2,1-3H3. The number of benzene rings is 3. The average molecular weight is 446 g/mol. The predicted molar refractivity (Wildman–Crippen MR) is 135 cm³/mol. The molecule has 0 aliphatic carbocycles. The third-order valence-electron chi connectivity index (χ3n) is 5.57. The molecule has 3 rings (SSSR count). The molecule has 0 amide bonds. The highest BCUT2D eigenvalue weighted by atomic mass is 16.5. The number of carbonyl (C=O) groups excluding carboxylic acids is 1. The largest absolute Gasteiger partial charge is 0.491 e. The molecular formula is C29H35NO3. The Morgan fingerprint density at radius 1 is 0.818 bits per heavy atom. The molecule has 0 heterocycles. The van der Waals surface area contributed by atoms with Crippen molar-refractivity contribution in [2.24, 2.45) is 5.92 Å². The minimum atomic E-state index is 0.0170. The maximum absolute atomic E-state index is 12.4. The van der Waals surface area contributed by atoms with E-state index in [1.807, 2.05) is 32.0 Å². The van der Waals surface area contributed by atoms with E-state index in [1.165, 1.54) is 11.1 Å². The fourth-order valence-electron chi connectivity index (χ4n) is 3.67. The van der Waals surface area contributed by atoms with Crippen molar-refractivity contribution in [1.29, 1.82) is 0 Å². The van der Waals surface area contributed by atoms with Crippen molar-refractivity contribution in [1.82, 2.24) is 0 Å². The second kappa shape index (κ2) is 12.8. The zero-order valence-electron chi connectivity index (χ0n) is 20.0. The van der Waals surface area contributed by atoms with Gasteiger partial charge in [0.05, 0.1) is 12.3 Å². The van der Waals surface area contributed by atoms with Gasteiger partial charge in [0.2, 0.25) is 0 Å². The Hall–Kier alpha value is -3.11. The molecule has 0 spiro atoms. The van der Waals surface area contributed by atoms with Crippen LogP contribution in [0.25, 0.3) is 0 Å². The maximum Gasteiger partial charge on any atom is 0.142 e. The minimum absolute atomic E-state index is 0.0170. The Morgan fingerprint density at radius 3 is 1.97 bits per heavy atom. The molecule has 174 valence electrons. The summed E-state index contributed by atoms with van der Waals surface area (Å²) in [7, 11) is 1.70. The summed E-state index contributed by atoms with van der Waals surface area (Å²) in [6, 6.07) is 27.1. The van der Waals surface area contributed by atoms with Gasteiger partial charge in [-0.05, 0) is 28.8 Å². The van der Waals surface area contributed by atoms with E-state index in [0.29, 0.717) is 19.6 Å². The quantitative estimate of drug-likeness (QED) is 0.299. The molecule has 0 bridgehead atoms. The number of nitrogens with zero attached hydrogens (tertiary/aromatic N) is 1. The van der Waals surface area contributed by atoms with Gasteiger partial charge in [-0.3, -0.25) is 4.79 Å². The number of methoxy groups -OCH3 is 1. The van der Waals surface area contributed by atoms with Crippen LogP contribution in [-0.2, 0) is 29.0 Å². The van der Waals surface area contributed by atoms with Gasteiger partial charge < -0.3 is 14.4 Å². The van der Waals surface area contributed by atoms with Gasteiger partial charge in [0, 0.05) is 45.6 Å². The van der Waals surface area contributed by atoms with Crippen LogP contribution >= 0.6 is 0 Å². The average Bonchev–Trinajstić information content (AvgIpc) is 2.83. The van der Waals surface area contributed by atoms with Gasteiger partial charge in [0.1, 0.15) is 11.5 Å². The minimum Gasteiger partial charge on any atom is -0.491 e. The van der Waals surface area contributed by atoms with Crippen LogP contribution < -0.4 is 9.64 Å². The van der Waals surface area contributed by atoms with Gasteiger partial charge in [0.25, 0.3) is 0 Å². The molecule has 0 radical (unpaired) electrons. The van der Waals surface area contributed by atoms with E-state index < -0.39 is 0 Å². The molecule has 3 aromatic rings. The molecule has 0 atom stereocenters. The third kappa shape index (κ3) is 7.76. The Morgan fingerprint density at radius 2 is 1.42 bits per heavy atom. The zero-order valence-corrected chi connectivity index (χ0v) is 20.0. The fraction of sp³-hybridized carbons (Fsp3) is 0.345. The van der Waals surface area contributed by atoms with Crippen LogP contribution in [0.4, 0.5) is 5.69 Å². The molecule has 0 fully saturated rings. The topological polar surface area (TPSA) is 38.8 Å². The predicted octanol–water partition coefficient (Wildman–Crippen LogP) is 6.08. The number of rotatable bonds is 13. The Kier molecular flexibility index (Phi) is 9.52. The summed E-state index contributed by atoms with van der Waals surface area (Å²) in [5, 5.41) is 0. The molecule has 0 N–H and O–H groups in total. The van der Waals surface area contributed by atoms with Crippen molar-refractivity contribution in [3.05, 3.63) is 95.6 Å². The Balaban J connectivity index is 1.93. The van der Waals surface area contributed by atoms with E-state index >= 15 is 0 Å². The first-order chi connectivity index (χ1) is 16.1. The summed E-state index contributed by atoms with van der Waals surface area (Å²) >= 11 is 0. The summed E-state index contributed by atoms with van der Waals surface area (Å²) < 4.78 is 11.4. The van der Waals surface area contributed by atoms with Crippen molar-refractivity contribution in [2.75, 3.05) is 25.2 Å². The zero-order chi connectivity index (χ0) is 23.5. The highest BCUT2D eigenvalue weighted by Gasteiger charge is 2.17. The highest BCUT2D eigenvalue weighted by Crippen LogP contribution is 2.33. The van der Waals surface area contributed by atoms with Crippen LogP contribution in [0.15, 0.2) is 78.9 Å². The molecule has 0 saturated heterocycles. The van der Waals surface area contributed by atoms with E-state index in [-0.39, 0.29) is 11.7 Å². The van der Waals surface area contributed by atoms with Gasteiger partial charge in [0.15, 0.2) is 0 Å². The summed E-state index contributed by atoms with van der Waals surface area (Å²) in [4.78, 5) is 14.7. The van der Waals surface area contributed by atoms with Crippen molar-refractivity contribution >= 4 is 11.5 Å². The lowest BCUT2D eigenvalue weighted by Crippen LogP contribution is -2.23. The molecule has 3 aromatic carbocycles. The molecule has 0 aromatic heterocycles. The van der Waals surface area contributed by atoms with Crippen LogP contribution in [0.5, 0.6) is 5.75 Å². The monoisotopic (exact) mass is 445 g/mol. The van der Waals surface area contributed by atoms with E-state index in [1.54, 1.807) is 7.11 Å². The van der Waals surface area contributed by atoms with Crippen molar-refractivity contribution in [2.45, 2.75) is 39.8 Å². The fourth-order valence-corrected chi connectivity index (χ4v) is 3.67. The van der Waals surface area contributed by atoms with Crippen LogP contribution in [0.2, 0.25) is 0 Å². The summed E-state index contributed by atoms with van der Waals surface area (Å²) in [6.45, 7) is 6.62. The molecule has 0 aliphatic heterocycles. The summed E-state index contributed by atoms with van der Waals surface area (Å²) in [6.07, 6.45) is 1.23. The number of ether oxygens (including phenoxy) is 2. The number of hydrogen-bond acceptors (Lipinski definition) is 4. The molecule has 0 saturated carbocycles. The van der Waals surface area contributed by atoms with Gasteiger partial charge in [-0.15, -0.1) is 0 Å². The first-order valence-corrected chi connectivity index (χ1v) is 11.7. The number of anilines is 1. The first kappa shape index (κ1) is 24.5. The second-order valence-corrected chi connectivity index (χ2v) is 8.62. The summed E-state index contributed by atoms with van der Waals surface area (Å²) in [5.74, 6) is 1.06. The van der Waals surface area contributed by atoms with Crippen LogP contribution in [0.3, 0.4) is 0 Å². The van der Waals surface area contributed by atoms with Crippen LogP contribution in [0, 0.1) is 5.92 Å². The van der Waals surface area contributed by atoms with Gasteiger partial charge >= 0.3 is 0 Å². The Bertz CT molecular complexity index is 945. The van der Waals surface area contributed by atoms with Crippen molar-refractivity contribution < 1.29 is 14.3 Å². The molecule has 0 aliphatic rings. The van der Waals surface area contributed by atoms with E-state index in [9.17, 15) is 4.79 Å². The smallest absolute Gasteiger partial charge is 0.142 e. The number of ketones is 1. The van der Waals surface area contributed by atoms with Gasteiger partial charge in [-0.25, -0.2) is 0 Å².